The van der Waals surface area contributed by atoms with Crippen LogP contribution >= 0.6 is 0 Å². The average molecular weight is 393 g/mol. The van der Waals surface area contributed by atoms with E-state index in [1.54, 1.807) is 36.1 Å². The van der Waals surface area contributed by atoms with Crippen LogP contribution in [0.4, 0.5) is 8.78 Å². The third kappa shape index (κ3) is 4.15. The van der Waals surface area contributed by atoms with Gasteiger partial charge in [0.15, 0.2) is 11.9 Å². The zero-order valence-corrected chi connectivity index (χ0v) is 16.1. The molecule has 6 nitrogen and oxygen atoms in total. The molecule has 1 saturated heterocycles. The van der Waals surface area contributed by atoms with Crippen molar-refractivity contribution in [2.45, 2.75) is 52.2 Å². The highest BCUT2D eigenvalue weighted by Gasteiger charge is 2.31. The van der Waals surface area contributed by atoms with E-state index < -0.39 is 18.6 Å². The van der Waals surface area contributed by atoms with Crippen molar-refractivity contribution < 1.29 is 23.1 Å². The van der Waals surface area contributed by atoms with Crippen molar-refractivity contribution in [3.63, 3.8) is 0 Å². The lowest BCUT2D eigenvalue weighted by atomic mass is 9.96. The van der Waals surface area contributed by atoms with Gasteiger partial charge in [0.05, 0.1) is 17.0 Å². The molecule has 1 aliphatic heterocycles. The van der Waals surface area contributed by atoms with Gasteiger partial charge >= 0.3 is 12.5 Å². The van der Waals surface area contributed by atoms with Crippen molar-refractivity contribution in [3.8, 4) is 0 Å². The van der Waals surface area contributed by atoms with E-state index in [9.17, 15) is 18.4 Å². The Balaban J connectivity index is 1.66. The van der Waals surface area contributed by atoms with Crippen LogP contribution in [0, 0.1) is 5.92 Å². The smallest absolute Gasteiger partial charge is 0.320 e. The Bertz CT molecular complexity index is 844. The van der Waals surface area contributed by atoms with E-state index in [-0.39, 0.29) is 17.6 Å². The first-order chi connectivity index (χ1) is 13.4. The molecule has 1 unspecified atom stereocenters. The predicted octanol–water partition coefficient (Wildman–Crippen LogP) is 4.07. The predicted molar refractivity (Wildman–Crippen MR) is 99.7 cm³/mol. The Hall–Kier alpha value is -2.51. The summed E-state index contributed by atoms with van der Waals surface area (Å²) in [4.78, 5) is 30.5. The van der Waals surface area contributed by atoms with Gasteiger partial charge in [-0.2, -0.15) is 8.78 Å². The molecule has 1 fully saturated rings. The Morgan fingerprint density at radius 1 is 1.25 bits per heavy atom. The molecule has 152 valence electrons. The Morgan fingerprint density at radius 3 is 2.57 bits per heavy atom. The molecule has 3 rings (SSSR count). The number of benzene rings is 1. The minimum atomic E-state index is -2.78. The molecule has 1 amide bonds. The summed E-state index contributed by atoms with van der Waals surface area (Å²) < 4.78 is 33.4. The minimum absolute atomic E-state index is 0.0279. The molecule has 0 radical (unpaired) electrons. The summed E-state index contributed by atoms with van der Waals surface area (Å²) in [5, 5.41) is 0. The fraction of sp³-hybridized carbons (Fsp3) is 0.550. The number of ether oxygens (including phenoxy) is 1. The molecule has 0 spiro atoms. The van der Waals surface area contributed by atoms with E-state index >= 15 is 0 Å². The van der Waals surface area contributed by atoms with E-state index in [4.69, 9.17) is 4.74 Å². The van der Waals surface area contributed by atoms with Crippen LogP contribution in [-0.4, -0.2) is 39.4 Å². The Morgan fingerprint density at radius 2 is 1.93 bits per heavy atom. The number of para-hydroxylation sites is 2. The van der Waals surface area contributed by atoms with Gasteiger partial charge in [0.2, 0.25) is 5.91 Å². The molecule has 2 aromatic rings. The van der Waals surface area contributed by atoms with Gasteiger partial charge in [-0.15, -0.1) is 0 Å². The van der Waals surface area contributed by atoms with Gasteiger partial charge in [-0.3, -0.25) is 14.2 Å². The number of likely N-dealkylation sites (tertiary alicyclic amines) is 1. The molecular formula is C20H25F2N3O3. The second kappa shape index (κ2) is 8.67. The summed E-state index contributed by atoms with van der Waals surface area (Å²) in [6, 6.07) is 6.60. The highest BCUT2D eigenvalue weighted by Crippen LogP contribution is 2.29. The van der Waals surface area contributed by atoms with Gasteiger partial charge in [-0.25, -0.2) is 4.98 Å². The highest BCUT2D eigenvalue weighted by atomic mass is 19.3. The number of fused-ring (bicyclic) bond motifs is 1. The SMILES string of the molecule is CCCC(=O)N1CCC(C(=O)OC(C)c2nc3ccccc3n2C(F)F)CC1. The molecular weight excluding hydrogens is 368 g/mol. The van der Waals surface area contributed by atoms with Crippen LogP contribution in [0.3, 0.4) is 0 Å². The van der Waals surface area contributed by atoms with Gasteiger partial charge in [-0.05, 0) is 38.3 Å². The number of nitrogens with zero attached hydrogens (tertiary/aromatic N) is 3. The first-order valence-electron chi connectivity index (χ1n) is 9.65. The van der Waals surface area contributed by atoms with Crippen molar-refractivity contribution in [1.29, 1.82) is 0 Å². The summed E-state index contributed by atoms with van der Waals surface area (Å²) >= 11 is 0. The van der Waals surface area contributed by atoms with Gasteiger partial charge < -0.3 is 9.64 Å². The third-order valence-corrected chi connectivity index (χ3v) is 5.12. The molecule has 0 N–H and O–H groups in total. The van der Waals surface area contributed by atoms with E-state index in [0.29, 0.717) is 43.4 Å². The second-order valence-electron chi connectivity index (χ2n) is 7.09. The minimum Gasteiger partial charge on any atom is -0.454 e. The van der Waals surface area contributed by atoms with E-state index in [1.165, 1.54) is 0 Å². The van der Waals surface area contributed by atoms with Crippen molar-refractivity contribution in [3.05, 3.63) is 30.1 Å². The first kappa shape index (κ1) is 20.2. The van der Waals surface area contributed by atoms with E-state index in [1.807, 2.05) is 6.92 Å². The van der Waals surface area contributed by atoms with Crippen molar-refractivity contribution in [2.24, 2.45) is 5.92 Å². The highest BCUT2D eigenvalue weighted by molar-refractivity contribution is 5.78. The van der Waals surface area contributed by atoms with Gasteiger partial charge in [0.25, 0.3) is 0 Å². The molecule has 1 aliphatic rings. The molecule has 1 aromatic heterocycles. The Kier molecular flexibility index (Phi) is 6.26. The fourth-order valence-electron chi connectivity index (χ4n) is 3.61. The number of imidazole rings is 1. The molecule has 1 aromatic carbocycles. The lowest BCUT2D eigenvalue weighted by Gasteiger charge is -2.31. The maximum atomic E-state index is 13.6. The van der Waals surface area contributed by atoms with Crippen molar-refractivity contribution in [2.75, 3.05) is 13.1 Å². The van der Waals surface area contributed by atoms with Crippen LogP contribution in [-0.2, 0) is 14.3 Å². The van der Waals surface area contributed by atoms with Gasteiger partial charge in [0.1, 0.15) is 0 Å². The van der Waals surface area contributed by atoms with E-state index in [0.717, 1.165) is 11.0 Å². The summed E-state index contributed by atoms with van der Waals surface area (Å²) in [7, 11) is 0. The number of carbonyl (C=O) groups is 2. The topological polar surface area (TPSA) is 64.4 Å². The molecule has 1 atom stereocenters. The van der Waals surface area contributed by atoms with Gasteiger partial charge in [0, 0.05) is 19.5 Å². The fourth-order valence-corrected chi connectivity index (χ4v) is 3.61. The van der Waals surface area contributed by atoms with Gasteiger partial charge in [-0.1, -0.05) is 19.1 Å². The number of halogens is 2. The lowest BCUT2D eigenvalue weighted by Crippen LogP contribution is -2.40. The number of carbonyl (C=O) groups excluding carboxylic acids is 2. The zero-order chi connectivity index (χ0) is 20.3. The van der Waals surface area contributed by atoms with Crippen molar-refractivity contribution in [1.82, 2.24) is 14.5 Å². The maximum absolute atomic E-state index is 13.6. The number of esters is 1. The maximum Gasteiger partial charge on any atom is 0.320 e. The van der Waals surface area contributed by atoms with Crippen LogP contribution in [0.15, 0.2) is 24.3 Å². The molecule has 8 heteroatoms. The summed E-state index contributed by atoms with van der Waals surface area (Å²) in [5.74, 6) is -0.631. The number of hydrogen-bond acceptors (Lipinski definition) is 4. The summed E-state index contributed by atoms with van der Waals surface area (Å²) in [6.07, 6.45) is 1.45. The molecule has 2 heterocycles. The number of alkyl halides is 2. The zero-order valence-electron chi connectivity index (χ0n) is 16.1. The van der Waals surface area contributed by atoms with Crippen LogP contribution in [0.25, 0.3) is 11.0 Å². The second-order valence-corrected chi connectivity index (χ2v) is 7.09. The molecule has 28 heavy (non-hydrogen) atoms. The number of piperidine rings is 1. The molecule has 0 bridgehead atoms. The standard InChI is InChI=1S/C20H25F2N3O3/c1-3-6-17(26)24-11-9-14(10-12-24)19(27)28-13(2)18-23-15-7-4-5-8-16(15)25(18)20(21)22/h4-5,7-8,13-14,20H,3,6,9-12H2,1-2H3. The monoisotopic (exact) mass is 393 g/mol. The molecule has 0 aliphatic carbocycles. The quantitative estimate of drug-likeness (QED) is 0.694. The number of amides is 1. The largest absolute Gasteiger partial charge is 0.454 e. The summed E-state index contributed by atoms with van der Waals surface area (Å²) in [6.45, 7) is 1.76. The van der Waals surface area contributed by atoms with Crippen molar-refractivity contribution >= 4 is 22.9 Å². The summed E-state index contributed by atoms with van der Waals surface area (Å²) in [5.41, 5.74) is 0.738. The third-order valence-electron chi connectivity index (χ3n) is 5.12. The lowest BCUT2D eigenvalue weighted by molar-refractivity contribution is -0.157. The Labute approximate surface area is 162 Å². The van der Waals surface area contributed by atoms with Crippen LogP contribution in [0.1, 0.15) is 58.0 Å². The number of hydrogen-bond donors (Lipinski definition) is 0. The number of aromatic nitrogens is 2. The molecule has 0 saturated carbocycles. The van der Waals surface area contributed by atoms with Crippen LogP contribution in [0.2, 0.25) is 0 Å². The number of rotatable bonds is 6. The average Bonchev–Trinajstić information content (AvgIpc) is 3.08. The van der Waals surface area contributed by atoms with Crippen LogP contribution < -0.4 is 0 Å². The van der Waals surface area contributed by atoms with Crippen LogP contribution in [0.5, 0.6) is 0 Å². The normalized spacial score (nSPS) is 16.5. The van der Waals surface area contributed by atoms with E-state index in [2.05, 4.69) is 4.98 Å². The first-order valence-corrected chi connectivity index (χ1v) is 9.65.